The second-order valence-electron chi connectivity index (χ2n) is 3.61. The van der Waals surface area contributed by atoms with Crippen molar-refractivity contribution in [2.75, 3.05) is 32.1 Å². The highest BCUT2D eigenvalue weighted by atomic mass is 19.3. The van der Waals surface area contributed by atoms with Gasteiger partial charge in [0.1, 0.15) is 5.82 Å². The van der Waals surface area contributed by atoms with Crippen LogP contribution in [-0.2, 0) is 6.54 Å². The number of alkyl halides is 2. The molecule has 0 amide bonds. The summed E-state index contributed by atoms with van der Waals surface area (Å²) in [4.78, 5) is 5.72. The lowest BCUT2D eigenvalue weighted by Gasteiger charge is -2.20. The monoisotopic (exact) mass is 245 g/mol. The van der Waals surface area contributed by atoms with Gasteiger partial charge >= 0.3 is 0 Å². The molecule has 0 fully saturated rings. The van der Waals surface area contributed by atoms with Crippen molar-refractivity contribution >= 4 is 5.82 Å². The number of hydrogen-bond acceptors (Lipinski definition) is 4. The smallest absolute Gasteiger partial charge is 0.251 e. The SMILES string of the molecule is CNc1cccc(CN(CCO)CC(F)F)n1. The number of halogens is 2. The van der Waals surface area contributed by atoms with Gasteiger partial charge in [0.25, 0.3) is 6.43 Å². The highest BCUT2D eigenvalue weighted by Gasteiger charge is 2.12. The molecular formula is C11H17F2N3O. The van der Waals surface area contributed by atoms with E-state index in [-0.39, 0.29) is 19.7 Å². The first-order valence-corrected chi connectivity index (χ1v) is 5.40. The van der Waals surface area contributed by atoms with Gasteiger partial charge < -0.3 is 10.4 Å². The summed E-state index contributed by atoms with van der Waals surface area (Å²) < 4.78 is 24.6. The van der Waals surface area contributed by atoms with Crippen LogP contribution in [-0.4, -0.2) is 48.2 Å². The van der Waals surface area contributed by atoms with Crippen molar-refractivity contribution in [1.82, 2.24) is 9.88 Å². The van der Waals surface area contributed by atoms with Gasteiger partial charge in [0.15, 0.2) is 0 Å². The minimum absolute atomic E-state index is 0.140. The predicted octanol–water partition coefficient (Wildman–Crippen LogP) is 1.18. The number of aliphatic hydroxyl groups excluding tert-OH is 1. The molecule has 0 saturated heterocycles. The van der Waals surface area contributed by atoms with E-state index < -0.39 is 6.43 Å². The first kappa shape index (κ1) is 13.8. The molecule has 0 aromatic carbocycles. The third-order valence-electron chi connectivity index (χ3n) is 2.26. The number of aliphatic hydroxyl groups is 1. The molecule has 0 aliphatic heterocycles. The zero-order chi connectivity index (χ0) is 12.7. The van der Waals surface area contributed by atoms with Gasteiger partial charge in [0, 0.05) is 20.1 Å². The molecule has 0 saturated carbocycles. The molecule has 4 nitrogen and oxygen atoms in total. The number of rotatable bonds is 7. The van der Waals surface area contributed by atoms with E-state index in [2.05, 4.69) is 10.3 Å². The van der Waals surface area contributed by atoms with Gasteiger partial charge in [0.05, 0.1) is 18.8 Å². The number of hydrogen-bond donors (Lipinski definition) is 2. The topological polar surface area (TPSA) is 48.4 Å². The van der Waals surface area contributed by atoms with Crippen LogP contribution in [0, 0.1) is 0 Å². The quantitative estimate of drug-likeness (QED) is 0.757. The van der Waals surface area contributed by atoms with Gasteiger partial charge in [-0.05, 0) is 12.1 Å². The molecule has 2 N–H and O–H groups in total. The normalized spacial score (nSPS) is 11.2. The van der Waals surface area contributed by atoms with Gasteiger partial charge in [0.2, 0.25) is 0 Å². The Kier molecular flexibility index (Phi) is 5.79. The van der Waals surface area contributed by atoms with E-state index in [1.165, 1.54) is 4.90 Å². The van der Waals surface area contributed by atoms with Gasteiger partial charge in [-0.25, -0.2) is 13.8 Å². The molecule has 1 aromatic rings. The van der Waals surface area contributed by atoms with Crippen molar-refractivity contribution < 1.29 is 13.9 Å². The lowest BCUT2D eigenvalue weighted by atomic mass is 10.3. The van der Waals surface area contributed by atoms with Crippen LogP contribution in [0.2, 0.25) is 0 Å². The summed E-state index contributed by atoms with van der Waals surface area (Å²) in [6, 6.07) is 5.39. The van der Waals surface area contributed by atoms with Crippen LogP contribution in [0.5, 0.6) is 0 Å². The fourth-order valence-corrected chi connectivity index (χ4v) is 1.51. The minimum Gasteiger partial charge on any atom is -0.395 e. The van der Waals surface area contributed by atoms with E-state index in [0.717, 1.165) is 0 Å². The fourth-order valence-electron chi connectivity index (χ4n) is 1.51. The van der Waals surface area contributed by atoms with Crippen LogP contribution >= 0.6 is 0 Å². The molecule has 17 heavy (non-hydrogen) atoms. The molecule has 1 rings (SSSR count). The second-order valence-corrected chi connectivity index (χ2v) is 3.61. The molecule has 0 atom stereocenters. The maximum Gasteiger partial charge on any atom is 0.251 e. The van der Waals surface area contributed by atoms with Gasteiger partial charge in [-0.2, -0.15) is 0 Å². The summed E-state index contributed by atoms with van der Waals surface area (Å²) in [5.41, 5.74) is 0.700. The zero-order valence-electron chi connectivity index (χ0n) is 9.74. The average molecular weight is 245 g/mol. The minimum atomic E-state index is -2.41. The Morgan fingerprint density at radius 3 is 2.82 bits per heavy atom. The maximum absolute atomic E-state index is 12.3. The van der Waals surface area contributed by atoms with E-state index in [1.807, 2.05) is 6.07 Å². The van der Waals surface area contributed by atoms with Crippen molar-refractivity contribution in [2.24, 2.45) is 0 Å². The second kappa shape index (κ2) is 7.13. The van der Waals surface area contributed by atoms with Crippen molar-refractivity contribution in [3.05, 3.63) is 23.9 Å². The maximum atomic E-state index is 12.3. The summed E-state index contributed by atoms with van der Waals surface area (Å²) in [7, 11) is 1.75. The Bertz CT molecular complexity index is 336. The van der Waals surface area contributed by atoms with Crippen LogP contribution < -0.4 is 5.32 Å². The van der Waals surface area contributed by atoms with Crippen LogP contribution in [0.3, 0.4) is 0 Å². The van der Waals surface area contributed by atoms with Crippen molar-refractivity contribution in [2.45, 2.75) is 13.0 Å². The molecule has 1 aromatic heterocycles. The predicted molar refractivity (Wildman–Crippen MR) is 62.2 cm³/mol. The third kappa shape index (κ3) is 5.06. The van der Waals surface area contributed by atoms with Crippen molar-refractivity contribution in [3.8, 4) is 0 Å². The molecule has 0 aliphatic rings. The largest absolute Gasteiger partial charge is 0.395 e. The summed E-state index contributed by atoms with van der Waals surface area (Å²) in [5.74, 6) is 0.698. The Balaban J connectivity index is 2.64. The fraction of sp³-hybridized carbons (Fsp3) is 0.545. The molecule has 96 valence electrons. The molecule has 0 aliphatic carbocycles. The van der Waals surface area contributed by atoms with Gasteiger partial charge in [-0.3, -0.25) is 4.90 Å². The van der Waals surface area contributed by atoms with Gasteiger partial charge in [-0.1, -0.05) is 6.07 Å². The van der Waals surface area contributed by atoms with Crippen molar-refractivity contribution in [3.63, 3.8) is 0 Å². The Morgan fingerprint density at radius 2 is 2.24 bits per heavy atom. The zero-order valence-corrected chi connectivity index (χ0v) is 9.74. The van der Waals surface area contributed by atoms with E-state index in [9.17, 15) is 8.78 Å². The highest BCUT2D eigenvalue weighted by molar-refractivity contribution is 5.34. The van der Waals surface area contributed by atoms with Crippen LogP contribution in [0.15, 0.2) is 18.2 Å². The lowest BCUT2D eigenvalue weighted by Crippen LogP contribution is -2.31. The van der Waals surface area contributed by atoms with Crippen LogP contribution in [0.25, 0.3) is 0 Å². The average Bonchev–Trinajstić information content (AvgIpc) is 2.29. The van der Waals surface area contributed by atoms with E-state index >= 15 is 0 Å². The van der Waals surface area contributed by atoms with Gasteiger partial charge in [-0.15, -0.1) is 0 Å². The van der Waals surface area contributed by atoms with Crippen LogP contribution in [0.1, 0.15) is 5.69 Å². The summed E-state index contributed by atoms with van der Waals surface area (Å²) in [5, 5.41) is 11.7. The Morgan fingerprint density at radius 1 is 1.47 bits per heavy atom. The van der Waals surface area contributed by atoms with E-state index in [0.29, 0.717) is 18.1 Å². The molecular weight excluding hydrogens is 228 g/mol. The number of anilines is 1. The first-order chi connectivity index (χ1) is 8.15. The molecule has 0 unspecified atom stereocenters. The third-order valence-corrected chi connectivity index (χ3v) is 2.26. The van der Waals surface area contributed by atoms with Crippen LogP contribution in [0.4, 0.5) is 14.6 Å². The Labute approximate surface area is 99.3 Å². The number of nitrogens with one attached hydrogen (secondary N) is 1. The molecule has 1 heterocycles. The summed E-state index contributed by atoms with van der Waals surface area (Å²) in [6.07, 6.45) is -2.41. The number of pyridine rings is 1. The highest BCUT2D eigenvalue weighted by Crippen LogP contribution is 2.08. The lowest BCUT2D eigenvalue weighted by molar-refractivity contribution is 0.0741. The summed E-state index contributed by atoms with van der Waals surface area (Å²) in [6.45, 7) is 0.0285. The molecule has 0 spiro atoms. The van der Waals surface area contributed by atoms with E-state index in [1.54, 1.807) is 19.2 Å². The summed E-state index contributed by atoms with van der Waals surface area (Å²) >= 11 is 0. The van der Waals surface area contributed by atoms with Crippen molar-refractivity contribution in [1.29, 1.82) is 0 Å². The molecule has 6 heteroatoms. The first-order valence-electron chi connectivity index (χ1n) is 5.40. The van der Waals surface area contributed by atoms with E-state index in [4.69, 9.17) is 5.11 Å². The molecule has 0 radical (unpaired) electrons. The number of aromatic nitrogens is 1. The standard InChI is InChI=1S/C11H17F2N3O/c1-14-11-4-2-3-9(15-11)7-16(5-6-17)8-10(12)13/h2-4,10,17H,5-8H2,1H3,(H,14,15). The number of nitrogens with zero attached hydrogens (tertiary/aromatic N) is 2. The molecule has 0 bridgehead atoms. The Hall–Kier alpha value is -1.27.